The van der Waals surface area contributed by atoms with Crippen molar-refractivity contribution in [3.8, 4) is 0 Å². The number of carbonyl (C=O) groups is 1. The molecule has 3 nitrogen and oxygen atoms in total. The van der Waals surface area contributed by atoms with Gasteiger partial charge in [0, 0.05) is 25.0 Å². The molecule has 1 aliphatic heterocycles. The van der Waals surface area contributed by atoms with Gasteiger partial charge < -0.3 is 10.6 Å². The molecule has 0 radical (unpaired) electrons. The third kappa shape index (κ3) is 1.89. The van der Waals surface area contributed by atoms with Crippen LogP contribution >= 0.6 is 0 Å². The highest BCUT2D eigenvalue weighted by Gasteiger charge is 2.40. The first-order chi connectivity index (χ1) is 7.22. The third-order valence-corrected chi connectivity index (χ3v) is 4.13. The van der Waals surface area contributed by atoms with Crippen LogP contribution in [0.25, 0.3) is 0 Å². The highest BCUT2D eigenvalue weighted by molar-refractivity contribution is 5.81. The molecule has 0 aromatic rings. The van der Waals surface area contributed by atoms with E-state index in [-0.39, 0.29) is 0 Å². The maximum atomic E-state index is 12.0. The minimum absolute atomic E-state index is 0.387. The number of carbonyl (C=O) groups excluding carboxylic acids is 1. The van der Waals surface area contributed by atoms with Crippen LogP contribution in [0.15, 0.2) is 0 Å². The topological polar surface area (TPSA) is 46.3 Å². The van der Waals surface area contributed by atoms with E-state index in [0.29, 0.717) is 29.7 Å². The molecule has 0 aromatic carbocycles. The second-order valence-electron chi connectivity index (χ2n) is 5.72. The van der Waals surface area contributed by atoms with Gasteiger partial charge >= 0.3 is 0 Å². The lowest BCUT2D eigenvalue weighted by atomic mass is 9.75. The Balaban J connectivity index is 1.66. The number of fused-ring (bicyclic) bond motifs is 2. The number of likely N-dealkylation sites (tertiary alicyclic amines) is 1. The molecule has 1 saturated heterocycles. The van der Waals surface area contributed by atoms with Crippen molar-refractivity contribution in [2.45, 2.75) is 38.1 Å². The summed E-state index contributed by atoms with van der Waals surface area (Å²) in [6.45, 7) is 1.97. The minimum Gasteiger partial charge on any atom is -0.342 e. The van der Waals surface area contributed by atoms with Crippen molar-refractivity contribution < 1.29 is 4.79 Å². The van der Waals surface area contributed by atoms with Gasteiger partial charge in [0.2, 0.25) is 5.91 Å². The number of amides is 1. The van der Waals surface area contributed by atoms with Crippen molar-refractivity contribution in [3.05, 3.63) is 0 Å². The second-order valence-corrected chi connectivity index (χ2v) is 5.72. The second kappa shape index (κ2) is 3.48. The molecule has 0 aromatic heterocycles. The molecule has 3 fully saturated rings. The van der Waals surface area contributed by atoms with Gasteiger partial charge in [0.15, 0.2) is 0 Å². The van der Waals surface area contributed by atoms with Crippen molar-refractivity contribution in [1.82, 2.24) is 4.90 Å². The molecule has 3 rings (SSSR count). The summed E-state index contributed by atoms with van der Waals surface area (Å²) in [6.07, 6.45) is 5.83. The van der Waals surface area contributed by atoms with Crippen LogP contribution in [0.1, 0.15) is 32.1 Å². The zero-order chi connectivity index (χ0) is 10.4. The third-order valence-electron chi connectivity index (χ3n) is 4.13. The average molecular weight is 208 g/mol. The van der Waals surface area contributed by atoms with Gasteiger partial charge in [-0.2, -0.15) is 0 Å². The van der Waals surface area contributed by atoms with Crippen molar-refractivity contribution in [3.63, 3.8) is 0 Å². The van der Waals surface area contributed by atoms with Crippen LogP contribution in [0, 0.1) is 17.8 Å². The van der Waals surface area contributed by atoms with Gasteiger partial charge in [0.05, 0.1) is 0 Å². The molecule has 2 saturated carbocycles. The summed E-state index contributed by atoms with van der Waals surface area (Å²) in [5.74, 6) is 2.20. The van der Waals surface area contributed by atoms with Crippen molar-refractivity contribution in [1.29, 1.82) is 0 Å². The summed E-state index contributed by atoms with van der Waals surface area (Å²) in [5, 5.41) is 0. The Morgan fingerprint density at radius 1 is 1.07 bits per heavy atom. The Morgan fingerprint density at radius 2 is 1.67 bits per heavy atom. The fourth-order valence-electron chi connectivity index (χ4n) is 3.38. The number of nitrogens with zero attached hydrogens (tertiary/aromatic N) is 1. The molecule has 2 unspecified atom stereocenters. The molecule has 2 bridgehead atoms. The van der Waals surface area contributed by atoms with E-state index in [2.05, 4.69) is 4.90 Å². The van der Waals surface area contributed by atoms with E-state index in [0.717, 1.165) is 38.8 Å². The predicted molar refractivity (Wildman–Crippen MR) is 58.1 cm³/mol. The SMILES string of the molecule is NC1CC2CC(C1)CN(C(=O)C1CC1)C2. The summed E-state index contributed by atoms with van der Waals surface area (Å²) in [4.78, 5) is 14.1. The fourth-order valence-corrected chi connectivity index (χ4v) is 3.38. The molecule has 0 spiro atoms. The molecule has 2 N–H and O–H groups in total. The lowest BCUT2D eigenvalue weighted by Crippen LogP contribution is -2.50. The van der Waals surface area contributed by atoms with Crippen LogP contribution < -0.4 is 5.73 Å². The molecule has 3 heteroatoms. The van der Waals surface area contributed by atoms with Gasteiger partial charge in [0.25, 0.3) is 0 Å². The summed E-state index contributed by atoms with van der Waals surface area (Å²) in [7, 11) is 0. The van der Waals surface area contributed by atoms with Crippen molar-refractivity contribution >= 4 is 5.91 Å². The van der Waals surface area contributed by atoms with E-state index >= 15 is 0 Å². The molecule has 1 heterocycles. The zero-order valence-electron chi connectivity index (χ0n) is 9.19. The standard InChI is InChI=1S/C12H20N2O/c13-11-4-8-3-9(5-11)7-14(6-8)12(15)10-1-2-10/h8-11H,1-7,13H2. The maximum Gasteiger partial charge on any atom is 0.225 e. The number of rotatable bonds is 1. The average Bonchev–Trinajstić information content (AvgIpc) is 2.97. The molecule has 2 atom stereocenters. The lowest BCUT2D eigenvalue weighted by molar-refractivity contribution is -0.136. The van der Waals surface area contributed by atoms with Crippen LogP contribution in [0.5, 0.6) is 0 Å². The number of piperidine rings is 1. The first kappa shape index (κ1) is 9.64. The Hall–Kier alpha value is -0.570. The predicted octanol–water partition coefficient (Wildman–Crippen LogP) is 0.982. The Kier molecular flexibility index (Phi) is 2.23. The Morgan fingerprint density at radius 3 is 2.20 bits per heavy atom. The van der Waals surface area contributed by atoms with Crippen LogP contribution in [0.4, 0.5) is 0 Å². The van der Waals surface area contributed by atoms with Crippen LogP contribution in [-0.4, -0.2) is 29.9 Å². The molecular formula is C12H20N2O. The first-order valence-corrected chi connectivity index (χ1v) is 6.26. The normalized spacial score (nSPS) is 40.3. The number of hydrogen-bond acceptors (Lipinski definition) is 2. The van der Waals surface area contributed by atoms with E-state index < -0.39 is 0 Å². The number of hydrogen-bond donors (Lipinski definition) is 1. The van der Waals surface area contributed by atoms with E-state index in [1.807, 2.05) is 0 Å². The largest absolute Gasteiger partial charge is 0.342 e. The summed E-state index contributed by atoms with van der Waals surface area (Å²) in [5.41, 5.74) is 6.02. The van der Waals surface area contributed by atoms with Crippen LogP contribution in [0.3, 0.4) is 0 Å². The minimum atomic E-state index is 0.387. The van der Waals surface area contributed by atoms with Gasteiger partial charge in [-0.15, -0.1) is 0 Å². The van der Waals surface area contributed by atoms with Gasteiger partial charge in [-0.1, -0.05) is 0 Å². The Bertz CT molecular complexity index is 257. The van der Waals surface area contributed by atoms with Crippen molar-refractivity contribution in [2.24, 2.45) is 23.5 Å². The highest BCUT2D eigenvalue weighted by Crippen LogP contribution is 2.37. The molecule has 3 aliphatic rings. The molecule has 2 aliphatic carbocycles. The van der Waals surface area contributed by atoms with E-state index in [1.165, 1.54) is 6.42 Å². The van der Waals surface area contributed by atoms with Crippen LogP contribution in [-0.2, 0) is 4.79 Å². The first-order valence-electron chi connectivity index (χ1n) is 6.26. The maximum absolute atomic E-state index is 12.0. The fraction of sp³-hybridized carbons (Fsp3) is 0.917. The van der Waals surface area contributed by atoms with Crippen LogP contribution in [0.2, 0.25) is 0 Å². The summed E-state index contributed by atoms with van der Waals surface area (Å²) >= 11 is 0. The highest BCUT2D eigenvalue weighted by atomic mass is 16.2. The Labute approximate surface area is 91.0 Å². The smallest absolute Gasteiger partial charge is 0.225 e. The van der Waals surface area contributed by atoms with E-state index in [9.17, 15) is 4.79 Å². The van der Waals surface area contributed by atoms with Gasteiger partial charge in [-0.25, -0.2) is 0 Å². The van der Waals surface area contributed by atoms with Gasteiger partial charge in [-0.3, -0.25) is 4.79 Å². The molecular weight excluding hydrogens is 188 g/mol. The zero-order valence-corrected chi connectivity index (χ0v) is 9.19. The van der Waals surface area contributed by atoms with Gasteiger partial charge in [-0.05, 0) is 43.9 Å². The molecule has 1 amide bonds. The van der Waals surface area contributed by atoms with E-state index in [4.69, 9.17) is 5.73 Å². The lowest BCUT2D eigenvalue weighted by Gasteiger charge is -2.43. The summed E-state index contributed by atoms with van der Waals surface area (Å²) in [6, 6.07) is 0.395. The molecule has 15 heavy (non-hydrogen) atoms. The van der Waals surface area contributed by atoms with E-state index in [1.54, 1.807) is 0 Å². The monoisotopic (exact) mass is 208 g/mol. The quantitative estimate of drug-likeness (QED) is 0.698. The number of nitrogens with two attached hydrogens (primary N) is 1. The van der Waals surface area contributed by atoms with Gasteiger partial charge in [0.1, 0.15) is 0 Å². The summed E-state index contributed by atoms with van der Waals surface area (Å²) < 4.78 is 0. The van der Waals surface area contributed by atoms with Crippen molar-refractivity contribution in [2.75, 3.05) is 13.1 Å². The molecule has 84 valence electrons.